The van der Waals surface area contributed by atoms with E-state index in [0.717, 1.165) is 24.3 Å². The minimum absolute atomic E-state index is 0.125. The molecule has 0 N–H and O–H groups in total. The fourth-order valence-corrected chi connectivity index (χ4v) is 3.73. The number of carbonyl (C=O) groups excluding carboxylic acids is 2. The van der Waals surface area contributed by atoms with Gasteiger partial charge < -0.3 is 4.74 Å². The Hall–Kier alpha value is -2.99. The number of allylic oxidation sites excluding steroid dienone is 6. The Balaban J connectivity index is 1.87. The number of hydrogen-bond acceptors (Lipinski definition) is 4. The van der Waals surface area contributed by atoms with Crippen LogP contribution in [0.4, 0.5) is 0 Å². The Morgan fingerprint density at radius 1 is 0.818 bits per heavy atom. The molecule has 33 heavy (non-hydrogen) atoms. The SMILES string of the molecule is CCCCCCOc1ccc(/C=C/C=C/C=C/C=C2C(=O)N(CC)C(=S)N(CC)C2=O)cc1. The van der Waals surface area contributed by atoms with Gasteiger partial charge in [0.25, 0.3) is 11.8 Å². The average molecular weight is 467 g/mol. The van der Waals surface area contributed by atoms with Crippen molar-refractivity contribution in [1.82, 2.24) is 9.80 Å². The van der Waals surface area contributed by atoms with Crippen LogP contribution in [-0.2, 0) is 9.59 Å². The molecule has 1 fully saturated rings. The van der Waals surface area contributed by atoms with E-state index in [2.05, 4.69) is 6.92 Å². The highest BCUT2D eigenvalue weighted by Crippen LogP contribution is 2.17. The summed E-state index contributed by atoms with van der Waals surface area (Å²) in [7, 11) is 0. The van der Waals surface area contributed by atoms with Gasteiger partial charge in [0, 0.05) is 13.1 Å². The van der Waals surface area contributed by atoms with E-state index in [4.69, 9.17) is 17.0 Å². The second-order valence-electron chi connectivity index (χ2n) is 7.57. The van der Waals surface area contributed by atoms with Crippen LogP contribution in [0.2, 0.25) is 0 Å². The predicted octanol–water partition coefficient (Wildman–Crippen LogP) is 5.69. The summed E-state index contributed by atoms with van der Waals surface area (Å²) >= 11 is 5.26. The van der Waals surface area contributed by atoms with Crippen LogP contribution in [0.1, 0.15) is 52.0 Å². The highest BCUT2D eigenvalue weighted by atomic mass is 32.1. The summed E-state index contributed by atoms with van der Waals surface area (Å²) in [5, 5.41) is 0.271. The lowest BCUT2D eigenvalue weighted by Gasteiger charge is -2.35. The summed E-state index contributed by atoms with van der Waals surface area (Å²) in [6, 6.07) is 8.02. The lowest BCUT2D eigenvalue weighted by molar-refractivity contribution is -0.133. The van der Waals surface area contributed by atoms with Crippen molar-refractivity contribution in [3.8, 4) is 5.75 Å². The number of nitrogens with zero attached hydrogens (tertiary/aromatic N) is 2. The van der Waals surface area contributed by atoms with Gasteiger partial charge in [0.2, 0.25) is 0 Å². The molecule has 0 unspecified atom stereocenters. The first-order valence-corrected chi connectivity index (χ1v) is 12.1. The van der Waals surface area contributed by atoms with Crippen LogP contribution < -0.4 is 4.74 Å². The largest absolute Gasteiger partial charge is 0.494 e. The van der Waals surface area contributed by atoms with Crippen LogP contribution >= 0.6 is 12.2 Å². The number of unbranched alkanes of at least 4 members (excludes halogenated alkanes) is 3. The van der Waals surface area contributed by atoms with Gasteiger partial charge in [-0.1, -0.05) is 74.8 Å². The maximum Gasteiger partial charge on any atom is 0.265 e. The summed E-state index contributed by atoms with van der Waals surface area (Å²) in [5.74, 6) is 0.198. The van der Waals surface area contributed by atoms with Gasteiger partial charge >= 0.3 is 0 Å². The first-order chi connectivity index (χ1) is 16.0. The van der Waals surface area contributed by atoms with E-state index in [1.807, 2.05) is 62.4 Å². The number of thiocarbonyl (C=S) groups is 1. The van der Waals surface area contributed by atoms with Crippen molar-refractivity contribution >= 4 is 35.2 Å². The fourth-order valence-electron chi connectivity index (χ4n) is 3.31. The molecule has 0 aromatic heterocycles. The van der Waals surface area contributed by atoms with E-state index >= 15 is 0 Å². The molecule has 2 amide bonds. The molecule has 0 bridgehead atoms. The molecule has 1 aromatic carbocycles. The van der Waals surface area contributed by atoms with Crippen LogP contribution in [0.5, 0.6) is 5.75 Å². The van der Waals surface area contributed by atoms with Crippen LogP contribution in [0.3, 0.4) is 0 Å². The Bertz CT molecular complexity index is 901. The quantitative estimate of drug-likeness (QED) is 0.130. The number of ether oxygens (including phenoxy) is 1. The summed E-state index contributed by atoms with van der Waals surface area (Å²) in [6.07, 6.45) is 17.5. The molecule has 0 aliphatic carbocycles. The van der Waals surface area contributed by atoms with Gasteiger partial charge in [-0.25, -0.2) is 0 Å². The van der Waals surface area contributed by atoms with E-state index in [1.165, 1.54) is 29.1 Å². The van der Waals surface area contributed by atoms with Gasteiger partial charge in [0.1, 0.15) is 11.3 Å². The summed E-state index contributed by atoms with van der Waals surface area (Å²) in [5.41, 5.74) is 1.21. The molecule has 5 nitrogen and oxygen atoms in total. The van der Waals surface area contributed by atoms with Crippen molar-refractivity contribution < 1.29 is 14.3 Å². The number of benzene rings is 1. The third-order valence-corrected chi connectivity index (χ3v) is 5.63. The normalized spacial score (nSPS) is 15.0. The molecule has 1 aliphatic heterocycles. The van der Waals surface area contributed by atoms with Gasteiger partial charge in [-0.15, -0.1) is 0 Å². The molecular weight excluding hydrogens is 432 g/mol. The smallest absolute Gasteiger partial charge is 0.265 e. The number of hydrogen-bond donors (Lipinski definition) is 0. The van der Waals surface area contributed by atoms with Crippen LogP contribution in [0, 0.1) is 0 Å². The van der Waals surface area contributed by atoms with Gasteiger partial charge in [-0.05, 0) is 56.3 Å². The predicted molar refractivity (Wildman–Crippen MR) is 139 cm³/mol. The van der Waals surface area contributed by atoms with E-state index in [0.29, 0.717) is 13.1 Å². The second-order valence-corrected chi connectivity index (χ2v) is 7.93. The van der Waals surface area contributed by atoms with Crippen molar-refractivity contribution in [3.63, 3.8) is 0 Å². The van der Waals surface area contributed by atoms with Crippen LogP contribution in [0.25, 0.3) is 6.08 Å². The van der Waals surface area contributed by atoms with Gasteiger partial charge in [-0.3, -0.25) is 19.4 Å². The number of amides is 2. The van der Waals surface area contributed by atoms with E-state index in [1.54, 1.807) is 18.2 Å². The fraction of sp³-hybridized carbons (Fsp3) is 0.370. The Labute approximate surface area is 203 Å². The zero-order valence-corrected chi connectivity index (χ0v) is 20.6. The first kappa shape index (κ1) is 26.3. The average Bonchev–Trinajstić information content (AvgIpc) is 2.81. The third-order valence-electron chi connectivity index (χ3n) is 5.19. The molecule has 1 aromatic rings. The molecule has 0 radical (unpaired) electrons. The summed E-state index contributed by atoms with van der Waals surface area (Å²) < 4.78 is 5.76. The minimum atomic E-state index is -0.348. The van der Waals surface area contributed by atoms with E-state index in [-0.39, 0.29) is 22.5 Å². The van der Waals surface area contributed by atoms with Crippen LogP contribution in [0.15, 0.2) is 66.3 Å². The van der Waals surface area contributed by atoms with Crippen molar-refractivity contribution in [3.05, 3.63) is 71.9 Å². The molecule has 0 atom stereocenters. The molecule has 0 spiro atoms. The number of likely N-dealkylation sites (N-methyl/N-ethyl adjacent to an activating group) is 2. The molecule has 2 rings (SSSR count). The van der Waals surface area contributed by atoms with Gasteiger partial charge in [0.15, 0.2) is 5.11 Å². The van der Waals surface area contributed by atoms with E-state index in [9.17, 15) is 9.59 Å². The molecule has 0 saturated carbocycles. The first-order valence-electron chi connectivity index (χ1n) is 11.7. The van der Waals surface area contributed by atoms with Crippen LogP contribution in [-0.4, -0.2) is 46.4 Å². The second kappa shape index (κ2) is 14.2. The Morgan fingerprint density at radius 2 is 1.42 bits per heavy atom. The molecule has 1 saturated heterocycles. The van der Waals surface area contributed by atoms with Crippen molar-refractivity contribution in [2.24, 2.45) is 0 Å². The van der Waals surface area contributed by atoms with Crippen molar-refractivity contribution in [1.29, 1.82) is 0 Å². The van der Waals surface area contributed by atoms with Gasteiger partial charge in [0.05, 0.1) is 6.61 Å². The van der Waals surface area contributed by atoms with E-state index < -0.39 is 0 Å². The molecule has 1 heterocycles. The maximum atomic E-state index is 12.5. The molecule has 6 heteroatoms. The van der Waals surface area contributed by atoms with Gasteiger partial charge in [-0.2, -0.15) is 0 Å². The highest BCUT2D eigenvalue weighted by molar-refractivity contribution is 7.80. The summed E-state index contributed by atoms with van der Waals surface area (Å²) in [6.45, 7) is 7.50. The Kier molecular flexibility index (Phi) is 11.3. The zero-order chi connectivity index (χ0) is 24.1. The van der Waals surface area contributed by atoms with Crippen molar-refractivity contribution in [2.75, 3.05) is 19.7 Å². The monoisotopic (exact) mass is 466 g/mol. The number of rotatable bonds is 12. The minimum Gasteiger partial charge on any atom is -0.494 e. The molecule has 176 valence electrons. The maximum absolute atomic E-state index is 12.5. The lowest BCUT2D eigenvalue weighted by Crippen LogP contribution is -2.55. The lowest BCUT2D eigenvalue weighted by atomic mass is 10.1. The van der Waals surface area contributed by atoms with Crippen molar-refractivity contribution in [2.45, 2.75) is 46.5 Å². The third kappa shape index (κ3) is 7.82. The number of carbonyl (C=O) groups is 2. The summed E-state index contributed by atoms with van der Waals surface area (Å²) in [4.78, 5) is 28.0. The standard InChI is InChI=1S/C27H34N2O3S/c1-4-7-8-14-21-32-23-19-17-22(18-20-23)15-12-10-9-11-13-16-24-25(30)28(5-2)27(33)29(6-3)26(24)31/h9-13,15-20H,4-8,14,21H2,1-3H3/b10-9+,13-11+,15-12+. The highest BCUT2D eigenvalue weighted by Gasteiger charge is 2.37. The molecular formula is C27H34N2O3S. The molecule has 1 aliphatic rings. The zero-order valence-electron chi connectivity index (χ0n) is 19.8. The Morgan fingerprint density at radius 3 is 2.03 bits per heavy atom. The topological polar surface area (TPSA) is 49.9 Å².